The average Bonchev–Trinajstić information content (AvgIpc) is 2.64. The lowest BCUT2D eigenvalue weighted by Crippen LogP contribution is -2.14. The third-order valence-corrected chi connectivity index (χ3v) is 1.64. The number of furan rings is 1. The first kappa shape index (κ1) is 10.8. The van der Waals surface area contributed by atoms with Gasteiger partial charge < -0.3 is 24.8 Å². The molecule has 0 aliphatic carbocycles. The molecule has 1 aromatic heterocycles. The van der Waals surface area contributed by atoms with Gasteiger partial charge in [-0.15, -0.1) is 0 Å². The van der Waals surface area contributed by atoms with Crippen LogP contribution in [-0.2, 0) is 6.61 Å². The highest BCUT2D eigenvalue weighted by Crippen LogP contribution is 2.12. The van der Waals surface area contributed by atoms with Crippen molar-refractivity contribution in [2.24, 2.45) is 0 Å². The lowest BCUT2D eigenvalue weighted by atomic mass is 10.2. The fourth-order valence-electron chi connectivity index (χ4n) is 0.893. The van der Waals surface area contributed by atoms with Crippen LogP contribution in [0.1, 0.15) is 11.5 Å². The van der Waals surface area contributed by atoms with Crippen LogP contribution in [0.3, 0.4) is 0 Å². The summed E-state index contributed by atoms with van der Waals surface area (Å²) in [6, 6.07) is 3.08. The van der Waals surface area contributed by atoms with E-state index in [1.165, 1.54) is 12.1 Å². The molecule has 14 heavy (non-hydrogen) atoms. The fourth-order valence-corrected chi connectivity index (χ4v) is 0.893. The summed E-state index contributed by atoms with van der Waals surface area (Å²) in [4.78, 5) is 0. The highest BCUT2D eigenvalue weighted by molar-refractivity contribution is 5.46. The molecular weight excluding hydrogens is 188 g/mol. The minimum Gasteiger partial charge on any atom is -0.509 e. The van der Waals surface area contributed by atoms with Crippen LogP contribution >= 0.6 is 0 Å². The van der Waals surface area contributed by atoms with Crippen molar-refractivity contribution in [1.29, 1.82) is 0 Å². The Bertz CT molecular complexity index is 315. The monoisotopic (exact) mass is 200 g/mol. The number of rotatable bonds is 4. The molecular formula is C9H12O5. The topological polar surface area (TPSA) is 94.1 Å². The summed E-state index contributed by atoms with van der Waals surface area (Å²) in [6.07, 6.45) is -0.127. The zero-order valence-electron chi connectivity index (χ0n) is 7.42. The van der Waals surface area contributed by atoms with E-state index in [4.69, 9.17) is 19.7 Å². The lowest BCUT2D eigenvalue weighted by molar-refractivity contribution is 0.0887. The quantitative estimate of drug-likeness (QED) is 0.514. The Labute approximate surface area is 80.5 Å². The van der Waals surface area contributed by atoms with Gasteiger partial charge in [0, 0.05) is 6.08 Å². The van der Waals surface area contributed by atoms with Gasteiger partial charge in [0.1, 0.15) is 30.0 Å². The summed E-state index contributed by atoms with van der Waals surface area (Å²) in [7, 11) is 0. The smallest absolute Gasteiger partial charge is 0.134 e. The number of hydrogen-bond donors (Lipinski definition) is 4. The molecule has 1 heterocycles. The summed E-state index contributed by atoms with van der Waals surface area (Å²) in [6.45, 7) is -0.785. The van der Waals surface area contributed by atoms with Crippen LogP contribution < -0.4 is 0 Å². The predicted octanol–water partition coefficient (Wildman–Crippen LogP) is 0.0240. The molecule has 0 fully saturated rings. The van der Waals surface area contributed by atoms with Gasteiger partial charge in [0.05, 0.1) is 6.61 Å². The maximum Gasteiger partial charge on any atom is 0.134 e. The van der Waals surface area contributed by atoms with Crippen LogP contribution in [0.25, 0.3) is 6.08 Å². The van der Waals surface area contributed by atoms with E-state index in [2.05, 4.69) is 0 Å². The van der Waals surface area contributed by atoms with Gasteiger partial charge >= 0.3 is 0 Å². The van der Waals surface area contributed by atoms with Crippen molar-refractivity contribution in [3.05, 3.63) is 29.4 Å². The van der Waals surface area contributed by atoms with Crippen molar-refractivity contribution in [3.8, 4) is 0 Å². The van der Waals surface area contributed by atoms with E-state index in [1.807, 2.05) is 0 Å². The van der Waals surface area contributed by atoms with Crippen LogP contribution in [0, 0.1) is 0 Å². The first-order chi connectivity index (χ1) is 6.67. The van der Waals surface area contributed by atoms with Gasteiger partial charge in [-0.2, -0.15) is 0 Å². The second kappa shape index (κ2) is 4.80. The van der Waals surface area contributed by atoms with Crippen molar-refractivity contribution < 1.29 is 24.8 Å². The van der Waals surface area contributed by atoms with Crippen molar-refractivity contribution in [1.82, 2.24) is 0 Å². The molecule has 1 unspecified atom stereocenters. The highest BCUT2D eigenvalue weighted by Gasteiger charge is 2.08. The summed E-state index contributed by atoms with van der Waals surface area (Å²) in [5.74, 6) is 0.285. The molecule has 78 valence electrons. The Morgan fingerprint density at radius 2 is 2.14 bits per heavy atom. The molecule has 0 aromatic carbocycles. The molecule has 0 saturated heterocycles. The summed E-state index contributed by atoms with van der Waals surface area (Å²) < 4.78 is 5.02. The van der Waals surface area contributed by atoms with Gasteiger partial charge in [-0.1, -0.05) is 0 Å². The Balaban J connectivity index is 2.75. The third kappa shape index (κ3) is 2.59. The predicted molar refractivity (Wildman–Crippen MR) is 48.3 cm³/mol. The van der Waals surface area contributed by atoms with Crippen LogP contribution in [-0.4, -0.2) is 33.1 Å². The van der Waals surface area contributed by atoms with E-state index in [0.717, 1.165) is 0 Å². The van der Waals surface area contributed by atoms with Crippen LogP contribution in [0.15, 0.2) is 22.3 Å². The maximum absolute atomic E-state index is 9.18. The molecule has 0 aliphatic heterocycles. The van der Waals surface area contributed by atoms with Gasteiger partial charge in [-0.25, -0.2) is 0 Å². The van der Waals surface area contributed by atoms with Crippen molar-refractivity contribution >= 4 is 6.08 Å². The zero-order chi connectivity index (χ0) is 10.6. The van der Waals surface area contributed by atoms with Crippen LogP contribution in [0.2, 0.25) is 0 Å². The first-order valence-corrected chi connectivity index (χ1v) is 4.06. The minimum absolute atomic E-state index is 0.225. The molecule has 0 spiro atoms. The molecule has 4 N–H and O–H groups in total. The van der Waals surface area contributed by atoms with E-state index >= 15 is 0 Å². The van der Waals surface area contributed by atoms with E-state index in [-0.39, 0.29) is 12.4 Å². The number of aliphatic hydroxyl groups is 4. The zero-order valence-corrected chi connectivity index (χ0v) is 7.42. The Hall–Kier alpha value is -1.30. The number of aliphatic hydroxyl groups excluding tert-OH is 4. The van der Waals surface area contributed by atoms with E-state index in [0.29, 0.717) is 11.5 Å². The average molecular weight is 200 g/mol. The molecule has 5 nitrogen and oxygen atoms in total. The van der Waals surface area contributed by atoms with Crippen molar-refractivity contribution in [2.75, 3.05) is 6.61 Å². The van der Waals surface area contributed by atoms with Crippen LogP contribution in [0.5, 0.6) is 0 Å². The van der Waals surface area contributed by atoms with E-state index in [1.54, 1.807) is 6.07 Å². The third-order valence-electron chi connectivity index (χ3n) is 1.64. The minimum atomic E-state index is -1.31. The second-order valence-electron chi connectivity index (χ2n) is 2.73. The normalized spacial score (nSPS) is 14.4. The Morgan fingerprint density at radius 3 is 2.64 bits per heavy atom. The molecule has 0 radical (unpaired) electrons. The molecule has 0 amide bonds. The SMILES string of the molecule is OCc1ccc(C=C(O)C(O)CO)o1. The van der Waals surface area contributed by atoms with Crippen molar-refractivity contribution in [3.63, 3.8) is 0 Å². The Kier molecular flexibility index (Phi) is 3.70. The number of hydrogen-bond acceptors (Lipinski definition) is 5. The summed E-state index contributed by atoms with van der Waals surface area (Å²) in [5.41, 5.74) is 0. The largest absolute Gasteiger partial charge is 0.509 e. The van der Waals surface area contributed by atoms with Crippen LogP contribution in [0.4, 0.5) is 0 Å². The second-order valence-corrected chi connectivity index (χ2v) is 2.73. The van der Waals surface area contributed by atoms with Gasteiger partial charge in [-0.05, 0) is 12.1 Å². The van der Waals surface area contributed by atoms with E-state index < -0.39 is 12.7 Å². The summed E-state index contributed by atoms with van der Waals surface area (Å²) >= 11 is 0. The molecule has 5 heteroatoms. The summed E-state index contributed by atoms with van der Waals surface area (Å²) in [5, 5.41) is 35.4. The first-order valence-electron chi connectivity index (χ1n) is 4.06. The van der Waals surface area contributed by atoms with Gasteiger partial charge in [0.25, 0.3) is 0 Å². The molecule has 1 rings (SSSR count). The maximum atomic E-state index is 9.18. The van der Waals surface area contributed by atoms with Gasteiger partial charge in [0.2, 0.25) is 0 Å². The lowest BCUT2D eigenvalue weighted by Gasteiger charge is -2.04. The molecule has 0 aliphatic rings. The molecule has 0 saturated carbocycles. The standard InChI is InChI=1S/C9H12O5/c10-4-7-2-1-6(14-7)3-8(12)9(13)5-11/h1-3,9-13H,4-5H2. The molecule has 1 aromatic rings. The molecule has 1 atom stereocenters. The highest BCUT2D eigenvalue weighted by atomic mass is 16.4. The Morgan fingerprint density at radius 1 is 1.43 bits per heavy atom. The molecule has 0 bridgehead atoms. The van der Waals surface area contributed by atoms with E-state index in [9.17, 15) is 5.11 Å². The fraction of sp³-hybridized carbons (Fsp3) is 0.333. The van der Waals surface area contributed by atoms with Crippen molar-refractivity contribution in [2.45, 2.75) is 12.7 Å². The van der Waals surface area contributed by atoms with Gasteiger partial charge in [0.15, 0.2) is 0 Å². The van der Waals surface area contributed by atoms with Gasteiger partial charge in [-0.3, -0.25) is 0 Å².